The van der Waals surface area contributed by atoms with E-state index >= 15 is 0 Å². The van der Waals surface area contributed by atoms with Crippen molar-refractivity contribution in [2.75, 3.05) is 6.61 Å². The van der Waals surface area contributed by atoms with Gasteiger partial charge in [-0.05, 0) is 18.6 Å². The predicted octanol–water partition coefficient (Wildman–Crippen LogP) is 3.79. The molecule has 0 aliphatic carbocycles. The first-order valence-electron chi connectivity index (χ1n) is 7.90. The molecule has 5 heteroatoms. The maximum atomic E-state index is 11.7. The van der Waals surface area contributed by atoms with Crippen LogP contribution in [0, 0.1) is 0 Å². The number of rotatable bonds is 10. The number of carbonyl (C=O) groups is 2. The van der Waals surface area contributed by atoms with Crippen LogP contribution < -0.4 is 0 Å². The SMILES string of the molecule is CCCCCCCC(=O)OCC(C)c1ncccc1C(=O)O. The third kappa shape index (κ3) is 6.24. The molecule has 0 saturated heterocycles. The number of pyridine rings is 1. The van der Waals surface area contributed by atoms with Crippen molar-refractivity contribution in [3.05, 3.63) is 29.6 Å². The van der Waals surface area contributed by atoms with Crippen LogP contribution in [0.2, 0.25) is 0 Å². The first-order chi connectivity index (χ1) is 10.6. The summed E-state index contributed by atoms with van der Waals surface area (Å²) in [5, 5.41) is 9.13. The van der Waals surface area contributed by atoms with Crippen molar-refractivity contribution in [1.29, 1.82) is 0 Å². The quantitative estimate of drug-likeness (QED) is 0.525. The molecule has 0 amide bonds. The Morgan fingerprint density at radius 3 is 2.68 bits per heavy atom. The summed E-state index contributed by atoms with van der Waals surface area (Å²) < 4.78 is 5.23. The summed E-state index contributed by atoms with van der Waals surface area (Å²) >= 11 is 0. The summed E-state index contributed by atoms with van der Waals surface area (Å²) in [6.07, 6.45) is 7.38. The second-order valence-corrected chi connectivity index (χ2v) is 5.49. The number of carboxylic acid groups (broad SMARTS) is 1. The zero-order valence-electron chi connectivity index (χ0n) is 13.4. The van der Waals surface area contributed by atoms with Crippen LogP contribution >= 0.6 is 0 Å². The number of carbonyl (C=O) groups excluding carboxylic acids is 1. The average molecular weight is 307 g/mol. The molecule has 1 aromatic heterocycles. The zero-order chi connectivity index (χ0) is 16.4. The van der Waals surface area contributed by atoms with E-state index in [0.29, 0.717) is 12.1 Å². The molecule has 0 bridgehead atoms. The molecule has 1 atom stereocenters. The smallest absolute Gasteiger partial charge is 0.337 e. The summed E-state index contributed by atoms with van der Waals surface area (Å²) in [6.45, 7) is 4.12. The highest BCUT2D eigenvalue weighted by molar-refractivity contribution is 5.89. The Kier molecular flexibility index (Phi) is 8.18. The Bertz CT molecular complexity index is 487. The first kappa shape index (κ1) is 18.1. The van der Waals surface area contributed by atoms with Gasteiger partial charge in [-0.1, -0.05) is 39.5 Å². The van der Waals surface area contributed by atoms with Crippen LogP contribution in [0.25, 0.3) is 0 Å². The minimum absolute atomic E-state index is 0.158. The summed E-state index contributed by atoms with van der Waals surface area (Å²) in [5.74, 6) is -1.48. The fraction of sp³-hybridized carbons (Fsp3) is 0.588. The van der Waals surface area contributed by atoms with E-state index in [1.807, 2.05) is 6.92 Å². The van der Waals surface area contributed by atoms with Crippen LogP contribution in [0.5, 0.6) is 0 Å². The lowest BCUT2D eigenvalue weighted by molar-refractivity contribution is -0.144. The van der Waals surface area contributed by atoms with E-state index < -0.39 is 5.97 Å². The van der Waals surface area contributed by atoms with Crippen molar-refractivity contribution in [3.63, 3.8) is 0 Å². The monoisotopic (exact) mass is 307 g/mol. The Balaban J connectivity index is 2.38. The Hall–Kier alpha value is -1.91. The van der Waals surface area contributed by atoms with Gasteiger partial charge >= 0.3 is 11.9 Å². The minimum Gasteiger partial charge on any atom is -0.478 e. The van der Waals surface area contributed by atoms with Gasteiger partial charge in [0.15, 0.2) is 0 Å². The van der Waals surface area contributed by atoms with Crippen molar-refractivity contribution in [3.8, 4) is 0 Å². The van der Waals surface area contributed by atoms with Crippen molar-refractivity contribution in [1.82, 2.24) is 4.98 Å². The lowest BCUT2D eigenvalue weighted by atomic mass is 10.0. The van der Waals surface area contributed by atoms with Crippen molar-refractivity contribution in [2.24, 2.45) is 0 Å². The van der Waals surface area contributed by atoms with Crippen LogP contribution in [-0.2, 0) is 9.53 Å². The normalized spacial score (nSPS) is 11.9. The number of hydrogen-bond donors (Lipinski definition) is 1. The maximum absolute atomic E-state index is 11.7. The van der Waals surface area contributed by atoms with Gasteiger partial charge < -0.3 is 9.84 Å². The van der Waals surface area contributed by atoms with Crippen molar-refractivity contribution < 1.29 is 19.4 Å². The van der Waals surface area contributed by atoms with Gasteiger partial charge in [-0.3, -0.25) is 9.78 Å². The molecule has 0 radical (unpaired) electrons. The standard InChI is InChI=1S/C17H25NO4/c1-3-4-5-6-7-10-15(19)22-12-13(2)16-14(17(20)21)9-8-11-18-16/h8-9,11,13H,3-7,10,12H2,1-2H3,(H,20,21). The second-order valence-electron chi connectivity index (χ2n) is 5.49. The number of hydrogen-bond acceptors (Lipinski definition) is 4. The third-order valence-corrected chi connectivity index (χ3v) is 3.51. The molecule has 1 aromatic rings. The molecular formula is C17H25NO4. The van der Waals surface area contributed by atoms with Gasteiger partial charge in [-0.25, -0.2) is 4.79 Å². The summed E-state index contributed by atoms with van der Waals surface area (Å²) in [4.78, 5) is 26.9. The molecule has 0 saturated carbocycles. The molecule has 1 heterocycles. The molecule has 22 heavy (non-hydrogen) atoms. The molecule has 5 nitrogen and oxygen atoms in total. The van der Waals surface area contributed by atoms with E-state index in [-0.39, 0.29) is 24.1 Å². The van der Waals surface area contributed by atoms with E-state index in [0.717, 1.165) is 19.3 Å². The molecule has 0 aliphatic rings. The van der Waals surface area contributed by atoms with Crippen LogP contribution in [0.3, 0.4) is 0 Å². The van der Waals surface area contributed by atoms with E-state index in [1.54, 1.807) is 12.3 Å². The summed E-state index contributed by atoms with van der Waals surface area (Å²) in [7, 11) is 0. The number of ether oxygens (including phenoxy) is 1. The number of nitrogens with zero attached hydrogens (tertiary/aromatic N) is 1. The lowest BCUT2D eigenvalue weighted by Crippen LogP contribution is -2.15. The Morgan fingerprint density at radius 2 is 2.00 bits per heavy atom. The number of aromatic nitrogens is 1. The largest absolute Gasteiger partial charge is 0.478 e. The highest BCUT2D eigenvalue weighted by Gasteiger charge is 2.18. The number of aromatic carboxylic acids is 1. The van der Waals surface area contributed by atoms with Gasteiger partial charge in [0.1, 0.15) is 0 Å². The molecule has 1 unspecified atom stereocenters. The highest BCUT2D eigenvalue weighted by Crippen LogP contribution is 2.18. The Morgan fingerprint density at radius 1 is 1.27 bits per heavy atom. The molecule has 1 rings (SSSR count). The summed E-state index contributed by atoms with van der Waals surface area (Å²) in [6, 6.07) is 3.10. The minimum atomic E-state index is -1.02. The topological polar surface area (TPSA) is 76.5 Å². The van der Waals surface area contributed by atoms with E-state index in [2.05, 4.69) is 11.9 Å². The van der Waals surface area contributed by atoms with Crippen LogP contribution in [0.4, 0.5) is 0 Å². The van der Waals surface area contributed by atoms with Gasteiger partial charge in [0.2, 0.25) is 0 Å². The fourth-order valence-electron chi connectivity index (χ4n) is 2.23. The number of unbranched alkanes of at least 4 members (excludes halogenated alkanes) is 4. The van der Waals surface area contributed by atoms with Gasteiger partial charge in [0.05, 0.1) is 17.9 Å². The molecule has 0 aromatic carbocycles. The number of esters is 1. The lowest BCUT2D eigenvalue weighted by Gasteiger charge is -2.13. The van der Waals surface area contributed by atoms with E-state index in [1.165, 1.54) is 18.9 Å². The van der Waals surface area contributed by atoms with Gasteiger partial charge in [0, 0.05) is 18.5 Å². The zero-order valence-corrected chi connectivity index (χ0v) is 13.4. The van der Waals surface area contributed by atoms with Gasteiger partial charge in [-0.2, -0.15) is 0 Å². The van der Waals surface area contributed by atoms with Crippen molar-refractivity contribution >= 4 is 11.9 Å². The van der Waals surface area contributed by atoms with E-state index in [9.17, 15) is 9.59 Å². The first-order valence-corrected chi connectivity index (χ1v) is 7.90. The molecular weight excluding hydrogens is 282 g/mol. The fourth-order valence-corrected chi connectivity index (χ4v) is 2.23. The Labute approximate surface area is 131 Å². The summed E-state index contributed by atoms with van der Waals surface area (Å²) in [5.41, 5.74) is 0.608. The predicted molar refractivity (Wildman–Crippen MR) is 83.9 cm³/mol. The van der Waals surface area contributed by atoms with E-state index in [4.69, 9.17) is 9.84 Å². The van der Waals surface area contributed by atoms with Crippen LogP contribution in [0.15, 0.2) is 18.3 Å². The third-order valence-electron chi connectivity index (χ3n) is 3.51. The molecule has 122 valence electrons. The highest BCUT2D eigenvalue weighted by atomic mass is 16.5. The average Bonchev–Trinajstić information content (AvgIpc) is 2.52. The molecule has 0 fully saturated rings. The van der Waals surface area contributed by atoms with Crippen LogP contribution in [-0.4, -0.2) is 28.6 Å². The molecule has 0 spiro atoms. The molecule has 0 aliphatic heterocycles. The molecule has 1 N–H and O–H groups in total. The second kappa shape index (κ2) is 9.92. The van der Waals surface area contributed by atoms with Crippen molar-refractivity contribution in [2.45, 2.75) is 58.3 Å². The van der Waals surface area contributed by atoms with Crippen LogP contribution in [0.1, 0.15) is 74.3 Å². The number of carboxylic acids is 1. The van der Waals surface area contributed by atoms with Gasteiger partial charge in [-0.15, -0.1) is 0 Å². The van der Waals surface area contributed by atoms with Gasteiger partial charge in [0.25, 0.3) is 0 Å². The maximum Gasteiger partial charge on any atom is 0.337 e.